The predicted molar refractivity (Wildman–Crippen MR) is 80.2 cm³/mol. The largest absolute Gasteiger partial charge is 0.399 e. The van der Waals surface area contributed by atoms with Crippen LogP contribution in [0, 0.1) is 6.92 Å². The van der Waals surface area contributed by atoms with Crippen molar-refractivity contribution in [3.8, 4) is 11.3 Å². The van der Waals surface area contributed by atoms with Crippen LogP contribution in [-0.2, 0) is 6.54 Å². The predicted octanol–water partition coefficient (Wildman–Crippen LogP) is 2.88. The molecule has 0 aliphatic carbocycles. The number of nitrogens with zero attached hydrogens (tertiary/aromatic N) is 3. The summed E-state index contributed by atoms with van der Waals surface area (Å²) in [6.07, 6.45) is 1.79. The van der Waals surface area contributed by atoms with Gasteiger partial charge in [0.2, 0.25) is 0 Å². The van der Waals surface area contributed by atoms with Gasteiger partial charge in [-0.1, -0.05) is 47.2 Å². The number of aromatic nitrogens is 3. The number of hydrogen-bond donors (Lipinski definition) is 1. The molecule has 0 radical (unpaired) electrons. The maximum absolute atomic E-state index is 5.70. The van der Waals surface area contributed by atoms with Gasteiger partial charge in [-0.05, 0) is 24.6 Å². The van der Waals surface area contributed by atoms with E-state index < -0.39 is 0 Å². The molecule has 3 rings (SSSR count). The zero-order chi connectivity index (χ0) is 13.9. The zero-order valence-electron chi connectivity index (χ0n) is 11.3. The minimum atomic E-state index is 0.684. The molecule has 0 aliphatic heterocycles. The second-order valence-electron chi connectivity index (χ2n) is 4.88. The van der Waals surface area contributed by atoms with Crippen LogP contribution >= 0.6 is 0 Å². The molecule has 2 aromatic carbocycles. The Balaban J connectivity index is 1.90. The number of hydrogen-bond acceptors (Lipinski definition) is 3. The van der Waals surface area contributed by atoms with Crippen LogP contribution in [0.3, 0.4) is 0 Å². The Bertz CT molecular complexity index is 696. The maximum Gasteiger partial charge on any atom is 0.0889 e. The van der Waals surface area contributed by atoms with Gasteiger partial charge in [-0.3, -0.25) is 0 Å². The number of anilines is 1. The lowest BCUT2D eigenvalue weighted by Gasteiger charge is -2.07. The lowest BCUT2D eigenvalue weighted by Crippen LogP contribution is -2.04. The van der Waals surface area contributed by atoms with Crippen molar-refractivity contribution < 1.29 is 0 Å². The fourth-order valence-electron chi connectivity index (χ4n) is 2.12. The topological polar surface area (TPSA) is 56.7 Å². The van der Waals surface area contributed by atoms with Gasteiger partial charge < -0.3 is 5.73 Å². The fraction of sp³-hybridized carbons (Fsp3) is 0.125. The van der Waals surface area contributed by atoms with Crippen molar-refractivity contribution in [3.63, 3.8) is 0 Å². The number of nitrogen functional groups attached to an aromatic ring is 1. The molecule has 0 atom stereocenters. The van der Waals surface area contributed by atoms with E-state index in [9.17, 15) is 0 Å². The van der Waals surface area contributed by atoms with Crippen molar-refractivity contribution >= 4 is 5.69 Å². The zero-order valence-corrected chi connectivity index (χ0v) is 11.3. The summed E-state index contributed by atoms with van der Waals surface area (Å²) in [5.74, 6) is 0. The van der Waals surface area contributed by atoms with E-state index in [0.717, 1.165) is 22.5 Å². The fourth-order valence-corrected chi connectivity index (χ4v) is 2.12. The number of aryl methyl sites for hydroxylation is 1. The molecule has 0 unspecified atom stereocenters. The Morgan fingerprint density at radius 3 is 2.40 bits per heavy atom. The second kappa shape index (κ2) is 5.17. The summed E-state index contributed by atoms with van der Waals surface area (Å²) in [5, 5.41) is 8.19. The van der Waals surface area contributed by atoms with Crippen LogP contribution in [0.1, 0.15) is 11.1 Å². The molecule has 0 saturated heterocycles. The van der Waals surface area contributed by atoms with Gasteiger partial charge in [0.15, 0.2) is 0 Å². The first-order chi connectivity index (χ1) is 9.72. The highest BCUT2D eigenvalue weighted by Gasteiger charge is 2.07. The van der Waals surface area contributed by atoms with Gasteiger partial charge in [0.1, 0.15) is 0 Å². The molecule has 100 valence electrons. The van der Waals surface area contributed by atoms with E-state index in [2.05, 4.69) is 41.5 Å². The normalized spacial score (nSPS) is 10.7. The van der Waals surface area contributed by atoms with Gasteiger partial charge in [0.25, 0.3) is 0 Å². The highest BCUT2D eigenvalue weighted by molar-refractivity contribution is 5.58. The molecular weight excluding hydrogens is 248 g/mol. The first kappa shape index (κ1) is 12.4. The van der Waals surface area contributed by atoms with E-state index in [0.29, 0.717) is 6.54 Å². The monoisotopic (exact) mass is 264 g/mol. The summed E-state index contributed by atoms with van der Waals surface area (Å²) >= 11 is 0. The molecule has 1 heterocycles. The molecule has 4 nitrogen and oxygen atoms in total. The van der Waals surface area contributed by atoms with Crippen LogP contribution in [-0.4, -0.2) is 15.0 Å². The standard InChI is InChI=1S/C16H16N4/c1-12-2-6-14(7-3-12)16-10-18-19-20(16)11-13-4-8-15(17)9-5-13/h2-10H,11,17H2,1H3. The minimum absolute atomic E-state index is 0.684. The van der Waals surface area contributed by atoms with Crippen molar-refractivity contribution in [2.75, 3.05) is 5.73 Å². The molecular formula is C16H16N4. The lowest BCUT2D eigenvalue weighted by molar-refractivity contribution is 0.655. The third kappa shape index (κ3) is 2.54. The van der Waals surface area contributed by atoms with Gasteiger partial charge in [-0.15, -0.1) is 5.10 Å². The average molecular weight is 264 g/mol. The third-order valence-corrected chi connectivity index (χ3v) is 3.28. The first-order valence-corrected chi connectivity index (χ1v) is 6.52. The Hall–Kier alpha value is -2.62. The van der Waals surface area contributed by atoms with Gasteiger partial charge in [-0.25, -0.2) is 4.68 Å². The maximum atomic E-state index is 5.70. The minimum Gasteiger partial charge on any atom is -0.399 e. The molecule has 3 aromatic rings. The molecule has 0 amide bonds. The highest BCUT2D eigenvalue weighted by Crippen LogP contribution is 2.19. The van der Waals surface area contributed by atoms with Crippen molar-refractivity contribution in [3.05, 3.63) is 65.9 Å². The number of nitrogens with two attached hydrogens (primary N) is 1. The smallest absolute Gasteiger partial charge is 0.0889 e. The summed E-state index contributed by atoms with van der Waals surface area (Å²) in [7, 11) is 0. The molecule has 1 aromatic heterocycles. The molecule has 0 spiro atoms. The van der Waals surface area contributed by atoms with E-state index in [1.54, 1.807) is 6.20 Å². The Kier molecular flexibility index (Phi) is 3.21. The quantitative estimate of drug-likeness (QED) is 0.740. The summed E-state index contributed by atoms with van der Waals surface area (Å²) in [4.78, 5) is 0. The van der Waals surface area contributed by atoms with Crippen molar-refractivity contribution in [2.45, 2.75) is 13.5 Å². The Labute approximate surface area is 117 Å². The van der Waals surface area contributed by atoms with E-state index in [1.807, 2.05) is 28.9 Å². The third-order valence-electron chi connectivity index (χ3n) is 3.28. The van der Waals surface area contributed by atoms with Crippen LogP contribution in [0.25, 0.3) is 11.3 Å². The summed E-state index contributed by atoms with van der Waals surface area (Å²) in [5.41, 5.74) is 11.0. The average Bonchev–Trinajstić information content (AvgIpc) is 2.90. The molecule has 0 saturated carbocycles. The summed E-state index contributed by atoms with van der Waals surface area (Å²) in [6.45, 7) is 2.76. The van der Waals surface area contributed by atoms with Crippen molar-refractivity contribution in [2.24, 2.45) is 0 Å². The summed E-state index contributed by atoms with van der Waals surface area (Å²) in [6, 6.07) is 16.2. The van der Waals surface area contributed by atoms with E-state index in [1.165, 1.54) is 5.56 Å². The Morgan fingerprint density at radius 2 is 1.70 bits per heavy atom. The van der Waals surface area contributed by atoms with Crippen molar-refractivity contribution in [1.29, 1.82) is 0 Å². The first-order valence-electron chi connectivity index (χ1n) is 6.52. The molecule has 0 fully saturated rings. The van der Waals surface area contributed by atoms with Gasteiger partial charge in [0.05, 0.1) is 18.4 Å². The highest BCUT2D eigenvalue weighted by atomic mass is 15.4. The SMILES string of the molecule is Cc1ccc(-c2cnnn2Cc2ccc(N)cc2)cc1. The van der Waals surface area contributed by atoms with Crippen LogP contribution in [0.15, 0.2) is 54.7 Å². The van der Waals surface area contributed by atoms with E-state index in [4.69, 9.17) is 5.73 Å². The molecule has 20 heavy (non-hydrogen) atoms. The van der Waals surface area contributed by atoms with Crippen molar-refractivity contribution in [1.82, 2.24) is 15.0 Å². The molecule has 2 N–H and O–H groups in total. The Morgan fingerprint density at radius 1 is 1.00 bits per heavy atom. The van der Waals surface area contributed by atoms with E-state index in [-0.39, 0.29) is 0 Å². The second-order valence-corrected chi connectivity index (χ2v) is 4.88. The number of rotatable bonds is 3. The molecule has 0 aliphatic rings. The van der Waals surface area contributed by atoms with Crippen LogP contribution < -0.4 is 5.73 Å². The number of benzene rings is 2. The van der Waals surface area contributed by atoms with Crippen LogP contribution in [0.2, 0.25) is 0 Å². The van der Waals surface area contributed by atoms with Crippen LogP contribution in [0.4, 0.5) is 5.69 Å². The van der Waals surface area contributed by atoms with Crippen LogP contribution in [0.5, 0.6) is 0 Å². The molecule has 4 heteroatoms. The van der Waals surface area contributed by atoms with Gasteiger partial charge >= 0.3 is 0 Å². The van der Waals surface area contributed by atoms with Gasteiger partial charge in [0, 0.05) is 11.3 Å². The van der Waals surface area contributed by atoms with Gasteiger partial charge in [-0.2, -0.15) is 0 Å². The molecule has 0 bridgehead atoms. The summed E-state index contributed by atoms with van der Waals surface area (Å²) < 4.78 is 1.90. The van der Waals surface area contributed by atoms with E-state index >= 15 is 0 Å². The lowest BCUT2D eigenvalue weighted by atomic mass is 10.1.